The van der Waals surface area contributed by atoms with Crippen LogP contribution in [0.3, 0.4) is 0 Å². The highest BCUT2D eigenvalue weighted by atomic mass is 16.3. The molecule has 1 aromatic rings. The number of piperidine rings is 1. The molecule has 3 atom stereocenters. The van der Waals surface area contributed by atoms with Gasteiger partial charge in [0.05, 0.1) is 12.1 Å². The molecule has 0 radical (unpaired) electrons. The zero-order valence-electron chi connectivity index (χ0n) is 12.0. The molecule has 106 valence electrons. The van der Waals surface area contributed by atoms with E-state index in [1.54, 1.807) is 0 Å². The summed E-state index contributed by atoms with van der Waals surface area (Å²) in [6.07, 6.45) is 3.74. The maximum absolute atomic E-state index is 9.79. The molecule has 1 aliphatic rings. The van der Waals surface area contributed by atoms with E-state index >= 15 is 0 Å². The fourth-order valence-electron chi connectivity index (χ4n) is 3.11. The van der Waals surface area contributed by atoms with Crippen LogP contribution in [0.15, 0.2) is 30.3 Å². The van der Waals surface area contributed by atoms with Gasteiger partial charge in [0, 0.05) is 18.6 Å². The number of hydrogen-bond donors (Lipinski definition) is 2. The van der Waals surface area contributed by atoms with Crippen molar-refractivity contribution < 1.29 is 5.11 Å². The van der Waals surface area contributed by atoms with Crippen molar-refractivity contribution in [1.29, 1.82) is 0 Å². The molecule has 0 saturated carbocycles. The summed E-state index contributed by atoms with van der Waals surface area (Å²) in [5.41, 5.74) is 6.83. The van der Waals surface area contributed by atoms with E-state index in [-0.39, 0.29) is 6.61 Å². The number of likely N-dealkylation sites (tertiary alicyclic amines) is 1. The van der Waals surface area contributed by atoms with E-state index in [9.17, 15) is 5.11 Å². The van der Waals surface area contributed by atoms with Crippen LogP contribution in [0.5, 0.6) is 0 Å². The van der Waals surface area contributed by atoms with Gasteiger partial charge in [-0.25, -0.2) is 0 Å². The average molecular weight is 262 g/mol. The summed E-state index contributed by atoms with van der Waals surface area (Å²) in [5, 5.41) is 9.79. The lowest BCUT2D eigenvalue weighted by molar-refractivity contribution is 0.0543. The van der Waals surface area contributed by atoms with Crippen LogP contribution >= 0.6 is 0 Å². The molecule has 0 bridgehead atoms. The number of aliphatic hydroxyl groups excluding tert-OH is 1. The van der Waals surface area contributed by atoms with Gasteiger partial charge in [-0.2, -0.15) is 0 Å². The van der Waals surface area contributed by atoms with Crippen molar-refractivity contribution in [3.63, 3.8) is 0 Å². The van der Waals surface area contributed by atoms with Gasteiger partial charge < -0.3 is 10.8 Å². The second kappa shape index (κ2) is 6.04. The molecule has 3 nitrogen and oxygen atoms in total. The van der Waals surface area contributed by atoms with Gasteiger partial charge in [0.15, 0.2) is 0 Å². The second-order valence-electron chi connectivity index (χ2n) is 5.98. The van der Waals surface area contributed by atoms with Crippen molar-refractivity contribution in [2.45, 2.75) is 50.7 Å². The van der Waals surface area contributed by atoms with Crippen molar-refractivity contribution in [3.05, 3.63) is 35.9 Å². The molecule has 1 aromatic carbocycles. The molecule has 0 amide bonds. The Hall–Kier alpha value is -0.900. The fraction of sp³-hybridized carbons (Fsp3) is 0.625. The van der Waals surface area contributed by atoms with Crippen LogP contribution in [0.1, 0.15) is 38.7 Å². The van der Waals surface area contributed by atoms with E-state index in [2.05, 4.69) is 18.7 Å². The van der Waals surface area contributed by atoms with Crippen LogP contribution in [0.25, 0.3) is 0 Å². The summed E-state index contributed by atoms with van der Waals surface area (Å²) in [6, 6.07) is 11.0. The van der Waals surface area contributed by atoms with Gasteiger partial charge in [-0.15, -0.1) is 0 Å². The number of nitrogens with two attached hydrogens (primary N) is 1. The van der Waals surface area contributed by atoms with Crippen LogP contribution in [0.2, 0.25) is 0 Å². The monoisotopic (exact) mass is 262 g/mol. The topological polar surface area (TPSA) is 49.5 Å². The van der Waals surface area contributed by atoms with Gasteiger partial charge in [0.1, 0.15) is 0 Å². The molecule has 1 saturated heterocycles. The van der Waals surface area contributed by atoms with Gasteiger partial charge in [0.2, 0.25) is 0 Å². The van der Waals surface area contributed by atoms with E-state index < -0.39 is 5.54 Å². The normalized spacial score (nSPS) is 28.0. The lowest BCUT2D eigenvalue weighted by Gasteiger charge is -2.44. The minimum absolute atomic E-state index is 0.0209. The van der Waals surface area contributed by atoms with Crippen molar-refractivity contribution in [2.24, 2.45) is 5.73 Å². The van der Waals surface area contributed by atoms with E-state index in [4.69, 9.17) is 5.73 Å². The highest BCUT2D eigenvalue weighted by molar-refractivity contribution is 5.24. The third kappa shape index (κ3) is 3.16. The molecule has 1 fully saturated rings. The van der Waals surface area contributed by atoms with Crippen LogP contribution in [-0.4, -0.2) is 35.2 Å². The predicted octanol–water partition coefficient (Wildman–Crippen LogP) is 2.10. The summed E-state index contributed by atoms with van der Waals surface area (Å²) >= 11 is 0. The number of aliphatic hydroxyl groups is 1. The maximum atomic E-state index is 9.79. The Labute approximate surface area is 116 Å². The van der Waals surface area contributed by atoms with Gasteiger partial charge in [0.25, 0.3) is 0 Å². The Morgan fingerprint density at radius 3 is 2.32 bits per heavy atom. The first-order valence-corrected chi connectivity index (χ1v) is 7.28. The summed E-state index contributed by atoms with van der Waals surface area (Å²) < 4.78 is 0. The zero-order valence-corrected chi connectivity index (χ0v) is 12.0. The zero-order chi connectivity index (χ0) is 13.9. The fourth-order valence-corrected chi connectivity index (χ4v) is 3.11. The van der Waals surface area contributed by atoms with Crippen molar-refractivity contribution in [2.75, 3.05) is 13.2 Å². The largest absolute Gasteiger partial charge is 0.394 e. The summed E-state index contributed by atoms with van der Waals surface area (Å²) in [5.74, 6) is 0. The number of hydrogen-bond acceptors (Lipinski definition) is 3. The lowest BCUT2D eigenvalue weighted by Crippen LogP contribution is -2.56. The van der Waals surface area contributed by atoms with Crippen molar-refractivity contribution in [3.8, 4) is 0 Å². The van der Waals surface area contributed by atoms with Crippen LogP contribution < -0.4 is 5.73 Å². The summed E-state index contributed by atoms with van der Waals surface area (Å²) in [4.78, 5) is 2.45. The molecular weight excluding hydrogens is 236 g/mol. The van der Waals surface area contributed by atoms with Gasteiger partial charge >= 0.3 is 0 Å². The molecule has 0 aromatic heterocycles. The molecule has 1 aliphatic heterocycles. The second-order valence-corrected chi connectivity index (χ2v) is 5.98. The molecule has 3 N–H and O–H groups in total. The molecule has 3 heteroatoms. The first-order chi connectivity index (χ1) is 9.07. The Bertz CT molecular complexity index is 385. The average Bonchev–Trinajstić information content (AvgIpc) is 2.44. The number of rotatable bonds is 4. The SMILES string of the molecule is CC1CCCC(C)N1CC(N)(CO)c1ccccc1. The molecule has 0 spiro atoms. The molecule has 2 rings (SSSR count). The Morgan fingerprint density at radius 2 is 1.79 bits per heavy atom. The minimum Gasteiger partial charge on any atom is -0.394 e. The first-order valence-electron chi connectivity index (χ1n) is 7.28. The summed E-state index contributed by atoms with van der Waals surface area (Å²) in [7, 11) is 0. The molecule has 0 aliphatic carbocycles. The maximum Gasteiger partial charge on any atom is 0.0773 e. The van der Waals surface area contributed by atoms with Crippen LogP contribution in [-0.2, 0) is 5.54 Å². The Morgan fingerprint density at radius 1 is 1.21 bits per heavy atom. The molecule has 3 unspecified atom stereocenters. The highest BCUT2D eigenvalue weighted by Crippen LogP contribution is 2.27. The number of nitrogens with zero attached hydrogens (tertiary/aromatic N) is 1. The molecule has 1 heterocycles. The van der Waals surface area contributed by atoms with E-state index in [1.165, 1.54) is 19.3 Å². The quantitative estimate of drug-likeness (QED) is 0.873. The third-order valence-electron chi connectivity index (χ3n) is 4.47. The van der Waals surface area contributed by atoms with Crippen LogP contribution in [0.4, 0.5) is 0 Å². The Kier molecular flexibility index (Phi) is 4.61. The van der Waals surface area contributed by atoms with Crippen molar-refractivity contribution in [1.82, 2.24) is 4.90 Å². The van der Waals surface area contributed by atoms with E-state index in [0.717, 1.165) is 12.1 Å². The number of benzene rings is 1. The smallest absolute Gasteiger partial charge is 0.0773 e. The third-order valence-corrected chi connectivity index (χ3v) is 4.47. The van der Waals surface area contributed by atoms with Crippen LogP contribution in [0, 0.1) is 0 Å². The summed E-state index contributed by atoms with van der Waals surface area (Å²) in [6.45, 7) is 5.22. The predicted molar refractivity (Wildman–Crippen MR) is 78.9 cm³/mol. The van der Waals surface area contributed by atoms with Gasteiger partial charge in [-0.1, -0.05) is 36.8 Å². The highest BCUT2D eigenvalue weighted by Gasteiger charge is 2.34. The molecular formula is C16H26N2O. The van der Waals surface area contributed by atoms with Crippen molar-refractivity contribution >= 4 is 0 Å². The minimum atomic E-state index is -0.666. The van der Waals surface area contributed by atoms with E-state index in [1.807, 2.05) is 30.3 Å². The standard InChI is InChI=1S/C16H26N2O/c1-13-7-6-8-14(2)18(13)11-16(17,12-19)15-9-4-3-5-10-15/h3-5,9-10,13-14,19H,6-8,11-12,17H2,1-2H3. The van der Waals surface area contributed by atoms with E-state index in [0.29, 0.717) is 12.1 Å². The lowest BCUT2D eigenvalue weighted by atomic mass is 9.88. The first kappa shape index (κ1) is 14.5. The Balaban J connectivity index is 2.18. The van der Waals surface area contributed by atoms with Gasteiger partial charge in [-0.3, -0.25) is 4.90 Å². The van der Waals surface area contributed by atoms with Gasteiger partial charge in [-0.05, 0) is 32.3 Å². The molecule has 19 heavy (non-hydrogen) atoms.